The van der Waals surface area contributed by atoms with Gasteiger partial charge in [0, 0.05) is 18.5 Å². The molecule has 1 rings (SSSR count). The van der Waals surface area contributed by atoms with Crippen LogP contribution in [0.3, 0.4) is 0 Å². The van der Waals surface area contributed by atoms with Crippen LogP contribution < -0.4 is 11.1 Å². The Hall–Kier alpha value is -0.570. The summed E-state index contributed by atoms with van der Waals surface area (Å²) in [4.78, 5) is 11.5. The van der Waals surface area contributed by atoms with Gasteiger partial charge in [0.05, 0.1) is 0 Å². The minimum absolute atomic E-state index is 0.0306. The Morgan fingerprint density at radius 2 is 2.00 bits per heavy atom. The number of hydrogen-bond acceptors (Lipinski definition) is 2. The largest absolute Gasteiger partial charge is 0.353 e. The van der Waals surface area contributed by atoms with E-state index in [0.717, 1.165) is 18.8 Å². The van der Waals surface area contributed by atoms with Crippen molar-refractivity contribution in [3.8, 4) is 0 Å². The number of hydrogen-bond donors (Lipinski definition) is 2. The second-order valence-corrected chi connectivity index (χ2v) is 4.87. The molecule has 0 aromatic rings. The Bertz CT molecular complexity index is 196. The minimum atomic E-state index is -0.0306. The number of nitrogens with two attached hydrogens (primary N) is 1. The summed E-state index contributed by atoms with van der Waals surface area (Å²) in [5.74, 6) is 0.997. The van der Waals surface area contributed by atoms with Crippen molar-refractivity contribution in [2.75, 3.05) is 0 Å². The van der Waals surface area contributed by atoms with Gasteiger partial charge in [-0.25, -0.2) is 0 Å². The van der Waals surface area contributed by atoms with E-state index in [9.17, 15) is 4.79 Å². The van der Waals surface area contributed by atoms with E-state index in [2.05, 4.69) is 12.2 Å². The van der Waals surface area contributed by atoms with Crippen LogP contribution in [0.4, 0.5) is 0 Å². The SMILES string of the molecule is CCC1CCC(NC(=O)CC(C)N)CC1. The lowest BCUT2D eigenvalue weighted by Gasteiger charge is -2.28. The lowest BCUT2D eigenvalue weighted by Crippen LogP contribution is -2.39. The Kier molecular flexibility index (Phi) is 5.09. The van der Waals surface area contributed by atoms with Gasteiger partial charge < -0.3 is 11.1 Å². The summed E-state index contributed by atoms with van der Waals surface area (Å²) in [5, 5.41) is 3.08. The van der Waals surface area contributed by atoms with Crippen LogP contribution in [0.2, 0.25) is 0 Å². The first-order valence-corrected chi connectivity index (χ1v) is 6.16. The van der Waals surface area contributed by atoms with E-state index < -0.39 is 0 Å². The molecule has 1 unspecified atom stereocenters. The molecule has 3 nitrogen and oxygen atoms in total. The second kappa shape index (κ2) is 6.11. The predicted molar refractivity (Wildman–Crippen MR) is 62.4 cm³/mol. The number of nitrogens with one attached hydrogen (secondary N) is 1. The first-order valence-electron chi connectivity index (χ1n) is 6.16. The zero-order chi connectivity index (χ0) is 11.3. The summed E-state index contributed by atoms with van der Waals surface area (Å²) in [7, 11) is 0. The van der Waals surface area contributed by atoms with Gasteiger partial charge >= 0.3 is 0 Å². The van der Waals surface area contributed by atoms with Gasteiger partial charge in [-0.15, -0.1) is 0 Å². The van der Waals surface area contributed by atoms with E-state index in [1.165, 1.54) is 19.3 Å². The van der Waals surface area contributed by atoms with Crippen LogP contribution in [0.15, 0.2) is 0 Å². The standard InChI is InChI=1S/C12H24N2O/c1-3-10-4-6-11(7-5-10)14-12(15)8-9(2)13/h9-11H,3-8,13H2,1-2H3,(H,14,15). The van der Waals surface area contributed by atoms with E-state index in [1.54, 1.807) is 0 Å². The predicted octanol–water partition coefficient (Wildman–Crippen LogP) is 1.81. The van der Waals surface area contributed by atoms with Gasteiger partial charge in [-0.05, 0) is 38.5 Å². The van der Waals surface area contributed by atoms with Crippen molar-refractivity contribution in [2.24, 2.45) is 11.7 Å². The van der Waals surface area contributed by atoms with Crippen LogP contribution in [-0.4, -0.2) is 18.0 Å². The normalized spacial score (nSPS) is 28.5. The maximum absolute atomic E-state index is 11.5. The van der Waals surface area contributed by atoms with Gasteiger partial charge in [0.15, 0.2) is 0 Å². The van der Waals surface area contributed by atoms with Crippen LogP contribution in [0.25, 0.3) is 0 Å². The molecule has 1 aliphatic carbocycles. The number of amides is 1. The molecule has 3 heteroatoms. The Morgan fingerprint density at radius 1 is 1.40 bits per heavy atom. The highest BCUT2D eigenvalue weighted by Gasteiger charge is 2.21. The van der Waals surface area contributed by atoms with Crippen molar-refractivity contribution in [1.29, 1.82) is 0 Å². The summed E-state index contributed by atoms with van der Waals surface area (Å²) in [6.45, 7) is 4.12. The van der Waals surface area contributed by atoms with Crippen LogP contribution >= 0.6 is 0 Å². The Balaban J connectivity index is 2.20. The summed E-state index contributed by atoms with van der Waals surface area (Å²) >= 11 is 0. The molecule has 0 bridgehead atoms. The maximum atomic E-state index is 11.5. The average Bonchev–Trinajstić information content (AvgIpc) is 2.17. The van der Waals surface area contributed by atoms with Gasteiger partial charge in [0.1, 0.15) is 0 Å². The molecule has 0 spiro atoms. The van der Waals surface area contributed by atoms with Gasteiger partial charge in [0.2, 0.25) is 5.91 Å². The smallest absolute Gasteiger partial charge is 0.221 e. The van der Waals surface area contributed by atoms with Crippen molar-refractivity contribution in [1.82, 2.24) is 5.32 Å². The van der Waals surface area contributed by atoms with Crippen LogP contribution in [0, 0.1) is 5.92 Å². The van der Waals surface area contributed by atoms with E-state index in [0.29, 0.717) is 12.5 Å². The molecule has 0 saturated heterocycles. The van der Waals surface area contributed by atoms with Gasteiger partial charge in [0.25, 0.3) is 0 Å². The van der Waals surface area contributed by atoms with E-state index >= 15 is 0 Å². The molecule has 3 N–H and O–H groups in total. The van der Waals surface area contributed by atoms with Crippen molar-refractivity contribution in [2.45, 2.75) is 64.5 Å². The molecule has 88 valence electrons. The third-order valence-corrected chi connectivity index (χ3v) is 3.30. The van der Waals surface area contributed by atoms with Gasteiger partial charge in [-0.3, -0.25) is 4.79 Å². The monoisotopic (exact) mass is 212 g/mol. The highest BCUT2D eigenvalue weighted by molar-refractivity contribution is 5.76. The number of rotatable bonds is 4. The molecule has 0 aliphatic heterocycles. The fourth-order valence-electron chi connectivity index (χ4n) is 2.29. The fraction of sp³-hybridized carbons (Fsp3) is 0.917. The third kappa shape index (κ3) is 4.65. The topological polar surface area (TPSA) is 55.1 Å². The van der Waals surface area contributed by atoms with E-state index in [-0.39, 0.29) is 11.9 Å². The average molecular weight is 212 g/mol. The fourth-order valence-corrected chi connectivity index (χ4v) is 2.29. The summed E-state index contributed by atoms with van der Waals surface area (Å²) in [6, 6.07) is 0.371. The third-order valence-electron chi connectivity index (χ3n) is 3.30. The molecule has 1 atom stereocenters. The second-order valence-electron chi connectivity index (χ2n) is 4.87. The molecule has 1 saturated carbocycles. The first-order chi connectivity index (χ1) is 7.11. The summed E-state index contributed by atoms with van der Waals surface area (Å²) in [6.07, 6.45) is 6.54. The molecule has 1 aliphatic rings. The van der Waals surface area contributed by atoms with Gasteiger partial charge in [-0.1, -0.05) is 13.3 Å². The molecule has 0 heterocycles. The Labute approximate surface area is 92.8 Å². The van der Waals surface area contributed by atoms with E-state index in [4.69, 9.17) is 5.73 Å². The van der Waals surface area contributed by atoms with Crippen molar-refractivity contribution >= 4 is 5.91 Å². The molecular weight excluding hydrogens is 188 g/mol. The molecular formula is C12H24N2O. The van der Waals surface area contributed by atoms with Crippen LogP contribution in [0.5, 0.6) is 0 Å². The van der Waals surface area contributed by atoms with Crippen molar-refractivity contribution in [3.05, 3.63) is 0 Å². The molecule has 1 amide bonds. The molecule has 0 aromatic carbocycles. The maximum Gasteiger partial charge on any atom is 0.221 e. The summed E-state index contributed by atoms with van der Waals surface area (Å²) < 4.78 is 0. The highest BCUT2D eigenvalue weighted by Crippen LogP contribution is 2.26. The van der Waals surface area contributed by atoms with Crippen molar-refractivity contribution < 1.29 is 4.79 Å². The number of carbonyl (C=O) groups is 1. The lowest BCUT2D eigenvalue weighted by atomic mass is 9.84. The molecule has 0 radical (unpaired) electrons. The quantitative estimate of drug-likeness (QED) is 0.746. The number of carbonyl (C=O) groups excluding carboxylic acids is 1. The molecule has 1 fully saturated rings. The molecule has 15 heavy (non-hydrogen) atoms. The van der Waals surface area contributed by atoms with Crippen molar-refractivity contribution in [3.63, 3.8) is 0 Å². The summed E-state index contributed by atoms with van der Waals surface area (Å²) in [5.41, 5.74) is 5.58. The van der Waals surface area contributed by atoms with E-state index in [1.807, 2.05) is 6.92 Å². The van der Waals surface area contributed by atoms with Crippen LogP contribution in [0.1, 0.15) is 52.4 Å². The molecule has 0 aromatic heterocycles. The lowest BCUT2D eigenvalue weighted by molar-refractivity contribution is -0.122. The van der Waals surface area contributed by atoms with Gasteiger partial charge in [-0.2, -0.15) is 0 Å². The first kappa shape index (κ1) is 12.5. The zero-order valence-electron chi connectivity index (χ0n) is 9.96. The minimum Gasteiger partial charge on any atom is -0.353 e. The zero-order valence-corrected chi connectivity index (χ0v) is 9.96. The highest BCUT2D eigenvalue weighted by atomic mass is 16.1. The van der Waals surface area contributed by atoms with Crippen LogP contribution in [-0.2, 0) is 4.79 Å². The Morgan fingerprint density at radius 3 is 2.47 bits per heavy atom.